The molecule has 2 saturated carbocycles. The number of halogens is 3. The first-order chi connectivity index (χ1) is 18.4. The second-order valence-corrected chi connectivity index (χ2v) is 13.3. The molecule has 0 saturated heterocycles. The van der Waals surface area contributed by atoms with Crippen molar-refractivity contribution in [1.29, 1.82) is 0 Å². The van der Waals surface area contributed by atoms with E-state index in [2.05, 4.69) is 25.9 Å². The van der Waals surface area contributed by atoms with Gasteiger partial charge in [0, 0.05) is 43.0 Å². The summed E-state index contributed by atoms with van der Waals surface area (Å²) in [6, 6.07) is 0.586. The van der Waals surface area contributed by atoms with Gasteiger partial charge in [-0.25, -0.2) is 8.42 Å². The standard InChI is InChI=1S/C23H27F3N8O3S2/c1-32-18(10-17(31-32)23(24,25)26)28-22-30-27-11-34(22)14-7-8-16-15(9-14)19(39(36,37)33(2)13-5-6-13)21(38-16)29-20(35)12-3-4-12/h10-14H,3-9H2,1-2H3,(H,28,30)(H,29,35)/t14-/m0/s1. The molecule has 3 aromatic rings. The Bertz CT molecular complexity index is 1540. The highest BCUT2D eigenvalue weighted by Crippen LogP contribution is 2.46. The Kier molecular flexibility index (Phi) is 6.26. The molecule has 0 aliphatic heterocycles. The zero-order valence-corrected chi connectivity index (χ0v) is 22.8. The van der Waals surface area contributed by atoms with Crippen LogP contribution >= 0.6 is 11.3 Å². The van der Waals surface area contributed by atoms with Gasteiger partial charge in [-0.15, -0.1) is 21.5 Å². The van der Waals surface area contributed by atoms with Gasteiger partial charge in [-0.1, -0.05) is 0 Å². The van der Waals surface area contributed by atoms with Gasteiger partial charge in [-0.05, 0) is 50.5 Å². The molecule has 1 atom stereocenters. The van der Waals surface area contributed by atoms with Crippen LogP contribution in [-0.4, -0.2) is 56.3 Å². The summed E-state index contributed by atoms with van der Waals surface area (Å²) in [4.78, 5) is 13.7. The number of hydrogen-bond donors (Lipinski definition) is 2. The maximum atomic E-state index is 13.8. The molecule has 11 nitrogen and oxygen atoms in total. The van der Waals surface area contributed by atoms with Crippen molar-refractivity contribution >= 4 is 44.0 Å². The van der Waals surface area contributed by atoms with E-state index < -0.39 is 21.9 Å². The van der Waals surface area contributed by atoms with Gasteiger partial charge in [0.05, 0.1) is 0 Å². The SMILES string of the molecule is CN(C1CC1)S(=O)(=O)c1c(NC(=O)C2CC2)sc2c1C[C@@H](n1cnnc1Nc1cc(C(F)(F)F)nn1C)CC2. The fraction of sp³-hybridized carbons (Fsp3) is 0.565. The lowest BCUT2D eigenvalue weighted by atomic mass is 9.94. The van der Waals surface area contributed by atoms with E-state index in [0.717, 1.165) is 41.3 Å². The number of amides is 1. The van der Waals surface area contributed by atoms with Crippen molar-refractivity contribution in [3.8, 4) is 0 Å². The number of sulfonamides is 1. The maximum absolute atomic E-state index is 13.8. The predicted octanol–water partition coefficient (Wildman–Crippen LogP) is 3.70. The Morgan fingerprint density at radius 2 is 1.95 bits per heavy atom. The second kappa shape index (κ2) is 9.30. The third-order valence-corrected chi connectivity index (χ3v) is 10.8. The summed E-state index contributed by atoms with van der Waals surface area (Å²) in [5.74, 6) is 0.0691. The topological polar surface area (TPSA) is 127 Å². The van der Waals surface area contributed by atoms with Gasteiger partial charge < -0.3 is 10.6 Å². The third-order valence-electron chi connectivity index (χ3n) is 7.45. The molecule has 16 heteroatoms. The highest BCUT2D eigenvalue weighted by atomic mass is 32.2. The van der Waals surface area contributed by atoms with E-state index in [-0.39, 0.29) is 40.6 Å². The van der Waals surface area contributed by atoms with E-state index in [1.807, 2.05) is 0 Å². The van der Waals surface area contributed by atoms with E-state index in [1.165, 1.54) is 29.0 Å². The fourth-order valence-corrected chi connectivity index (χ4v) is 8.25. The molecule has 1 amide bonds. The molecule has 210 valence electrons. The number of aryl methyl sites for hydroxylation is 2. The van der Waals surface area contributed by atoms with Gasteiger partial charge in [0.15, 0.2) is 5.69 Å². The van der Waals surface area contributed by atoms with Gasteiger partial charge in [-0.2, -0.15) is 22.6 Å². The summed E-state index contributed by atoms with van der Waals surface area (Å²) in [7, 11) is -0.900. The highest BCUT2D eigenvalue weighted by molar-refractivity contribution is 7.89. The lowest BCUT2D eigenvalue weighted by Gasteiger charge is -2.26. The molecule has 3 aliphatic rings. The van der Waals surface area contributed by atoms with Crippen LogP contribution in [0.25, 0.3) is 0 Å². The van der Waals surface area contributed by atoms with E-state index in [1.54, 1.807) is 11.6 Å². The molecule has 3 heterocycles. The summed E-state index contributed by atoms with van der Waals surface area (Å²) < 4.78 is 71.2. The molecular weight excluding hydrogens is 557 g/mol. The van der Waals surface area contributed by atoms with Crippen LogP contribution in [0.15, 0.2) is 17.3 Å². The molecule has 2 fully saturated rings. The Hall–Kier alpha value is -2.98. The minimum atomic E-state index is -4.59. The van der Waals surface area contributed by atoms with Crippen molar-refractivity contribution in [1.82, 2.24) is 28.9 Å². The smallest absolute Gasteiger partial charge is 0.316 e. The largest absolute Gasteiger partial charge is 0.435 e. The second-order valence-electron chi connectivity index (χ2n) is 10.3. The average Bonchev–Trinajstić information content (AvgIpc) is 3.78. The van der Waals surface area contributed by atoms with Crippen molar-refractivity contribution in [2.24, 2.45) is 13.0 Å². The van der Waals surface area contributed by atoms with Gasteiger partial charge in [-0.3, -0.25) is 14.0 Å². The zero-order chi connectivity index (χ0) is 27.7. The van der Waals surface area contributed by atoms with Gasteiger partial charge >= 0.3 is 6.18 Å². The highest BCUT2D eigenvalue weighted by Gasteiger charge is 2.42. The van der Waals surface area contributed by atoms with E-state index in [9.17, 15) is 26.4 Å². The number of nitrogens with one attached hydrogen (secondary N) is 2. The number of rotatable bonds is 8. The molecule has 3 aromatic heterocycles. The maximum Gasteiger partial charge on any atom is 0.435 e. The molecule has 39 heavy (non-hydrogen) atoms. The summed E-state index contributed by atoms with van der Waals surface area (Å²) in [5.41, 5.74) is -0.371. The third kappa shape index (κ3) is 4.93. The average molecular weight is 585 g/mol. The minimum Gasteiger partial charge on any atom is -0.316 e. The van der Waals surface area contributed by atoms with Crippen LogP contribution in [0.5, 0.6) is 0 Å². The number of carbonyl (C=O) groups is 1. The van der Waals surface area contributed by atoms with Gasteiger partial charge in [0.2, 0.25) is 21.9 Å². The van der Waals surface area contributed by atoms with E-state index in [4.69, 9.17) is 0 Å². The summed E-state index contributed by atoms with van der Waals surface area (Å²) in [5, 5.41) is 17.7. The van der Waals surface area contributed by atoms with Crippen LogP contribution in [0.1, 0.15) is 54.3 Å². The molecular formula is C23H27F3N8O3S2. The number of hydrogen-bond acceptors (Lipinski definition) is 8. The predicted molar refractivity (Wildman–Crippen MR) is 136 cm³/mol. The van der Waals surface area contributed by atoms with Crippen molar-refractivity contribution < 1.29 is 26.4 Å². The lowest BCUT2D eigenvalue weighted by Crippen LogP contribution is -2.31. The Labute approximate surface area is 226 Å². The van der Waals surface area contributed by atoms with Crippen molar-refractivity contribution in [3.63, 3.8) is 0 Å². The quantitative estimate of drug-likeness (QED) is 0.413. The monoisotopic (exact) mass is 584 g/mol. The number of anilines is 3. The molecule has 0 radical (unpaired) electrons. The van der Waals surface area contributed by atoms with Gasteiger partial charge in [0.25, 0.3) is 0 Å². The molecule has 3 aliphatic carbocycles. The Morgan fingerprint density at radius 1 is 1.21 bits per heavy atom. The molecule has 0 aromatic carbocycles. The molecule has 6 rings (SSSR count). The van der Waals surface area contributed by atoms with Crippen molar-refractivity contribution in [2.75, 3.05) is 17.7 Å². The first-order valence-corrected chi connectivity index (χ1v) is 14.9. The van der Waals surface area contributed by atoms with Crippen molar-refractivity contribution in [3.05, 3.63) is 28.5 Å². The number of fused-ring (bicyclic) bond motifs is 1. The first-order valence-electron chi connectivity index (χ1n) is 12.6. The molecule has 2 N–H and O–H groups in total. The Morgan fingerprint density at radius 3 is 2.59 bits per heavy atom. The summed E-state index contributed by atoms with van der Waals surface area (Å²) in [6.45, 7) is 0. The first kappa shape index (κ1) is 26.3. The number of alkyl halides is 3. The van der Waals surface area contributed by atoms with Gasteiger partial charge in [0.1, 0.15) is 22.0 Å². The van der Waals surface area contributed by atoms with Crippen LogP contribution in [0.4, 0.5) is 29.9 Å². The molecule has 0 unspecified atom stereocenters. The summed E-state index contributed by atoms with van der Waals surface area (Å²) in [6.07, 6.45) is 1.63. The number of nitrogens with zero attached hydrogens (tertiary/aromatic N) is 6. The van der Waals surface area contributed by atoms with Crippen molar-refractivity contribution in [2.45, 2.75) is 68.1 Å². The van der Waals surface area contributed by atoms with Crippen LogP contribution in [0, 0.1) is 5.92 Å². The summed E-state index contributed by atoms with van der Waals surface area (Å²) >= 11 is 1.31. The Balaban J connectivity index is 1.32. The number of carbonyl (C=O) groups excluding carboxylic acids is 1. The van der Waals surface area contributed by atoms with Crippen LogP contribution in [0.3, 0.4) is 0 Å². The van der Waals surface area contributed by atoms with Crippen LogP contribution in [-0.2, 0) is 40.9 Å². The zero-order valence-electron chi connectivity index (χ0n) is 21.2. The lowest BCUT2D eigenvalue weighted by molar-refractivity contribution is -0.141. The number of thiophene rings is 1. The molecule has 0 bridgehead atoms. The molecule has 0 spiro atoms. The van der Waals surface area contributed by atoms with E-state index in [0.29, 0.717) is 29.8 Å². The number of aromatic nitrogens is 5. The minimum absolute atomic E-state index is 0.0499. The normalized spacial score (nSPS) is 19.8. The van der Waals surface area contributed by atoms with Crippen LogP contribution < -0.4 is 10.6 Å². The van der Waals surface area contributed by atoms with Crippen LogP contribution in [0.2, 0.25) is 0 Å². The van der Waals surface area contributed by atoms with E-state index >= 15 is 0 Å². The fourth-order valence-electron chi connectivity index (χ4n) is 4.91.